The molecule has 1 heterocycles. The van der Waals surface area contributed by atoms with Crippen molar-refractivity contribution in [3.05, 3.63) is 59.6 Å². The van der Waals surface area contributed by atoms with Crippen molar-refractivity contribution in [1.82, 2.24) is 9.88 Å². The first-order valence-electron chi connectivity index (χ1n) is 9.95. The minimum atomic E-state index is -0.132. The number of ether oxygens (including phenoxy) is 1. The molecule has 0 spiro atoms. The fraction of sp³-hybridized carbons (Fsp3) is 0.261. The van der Waals surface area contributed by atoms with Gasteiger partial charge in [-0.05, 0) is 42.9 Å². The molecule has 0 bridgehead atoms. The van der Waals surface area contributed by atoms with Gasteiger partial charge in [0.25, 0.3) is 0 Å². The number of carbonyl (C=O) groups is 2. The maximum absolute atomic E-state index is 12.5. The van der Waals surface area contributed by atoms with Crippen molar-refractivity contribution in [1.29, 1.82) is 0 Å². The highest BCUT2D eigenvalue weighted by atomic mass is 32.1. The summed E-state index contributed by atoms with van der Waals surface area (Å²) < 4.78 is 5.29. The number of anilines is 2. The summed E-state index contributed by atoms with van der Waals surface area (Å²) in [6.45, 7) is 5.05. The zero-order valence-electron chi connectivity index (χ0n) is 17.8. The fourth-order valence-corrected chi connectivity index (χ4v) is 3.83. The van der Waals surface area contributed by atoms with Crippen LogP contribution in [0.15, 0.2) is 53.9 Å². The lowest BCUT2D eigenvalue weighted by Crippen LogP contribution is -2.32. The Morgan fingerprint density at radius 3 is 2.45 bits per heavy atom. The number of hydrogen-bond acceptors (Lipinski definition) is 6. The molecule has 0 unspecified atom stereocenters. The van der Waals surface area contributed by atoms with Crippen LogP contribution in [0.4, 0.5) is 11.4 Å². The van der Waals surface area contributed by atoms with Crippen LogP contribution in [0.2, 0.25) is 0 Å². The molecule has 0 aliphatic rings. The smallest absolute Gasteiger partial charge is 0.238 e. The van der Waals surface area contributed by atoms with Crippen molar-refractivity contribution < 1.29 is 14.3 Å². The molecule has 0 aliphatic heterocycles. The van der Waals surface area contributed by atoms with Gasteiger partial charge >= 0.3 is 0 Å². The number of aromatic nitrogens is 1. The molecule has 2 N–H and O–H groups in total. The third kappa shape index (κ3) is 6.63. The predicted octanol–water partition coefficient (Wildman–Crippen LogP) is 4.24. The van der Waals surface area contributed by atoms with Crippen molar-refractivity contribution in [2.45, 2.75) is 20.4 Å². The third-order valence-electron chi connectivity index (χ3n) is 4.56. The van der Waals surface area contributed by atoms with Crippen molar-refractivity contribution >= 4 is 34.5 Å². The second kappa shape index (κ2) is 10.7. The summed E-state index contributed by atoms with van der Waals surface area (Å²) in [5.41, 5.74) is 3.32. The Bertz CT molecular complexity index is 1030. The molecule has 0 aliphatic carbocycles. The number of benzene rings is 2. The highest BCUT2D eigenvalue weighted by molar-refractivity contribution is 7.13. The second-order valence-electron chi connectivity index (χ2n) is 6.99. The van der Waals surface area contributed by atoms with E-state index < -0.39 is 0 Å². The van der Waals surface area contributed by atoms with Gasteiger partial charge in [-0.25, -0.2) is 4.98 Å². The van der Waals surface area contributed by atoms with Gasteiger partial charge in [0, 0.05) is 35.8 Å². The molecule has 8 heteroatoms. The zero-order valence-corrected chi connectivity index (χ0v) is 18.7. The number of nitrogens with one attached hydrogen (secondary N) is 2. The van der Waals surface area contributed by atoms with Gasteiger partial charge in [-0.3, -0.25) is 14.5 Å². The van der Waals surface area contributed by atoms with Crippen LogP contribution in [0, 0.1) is 0 Å². The van der Waals surface area contributed by atoms with E-state index in [-0.39, 0.29) is 18.4 Å². The molecule has 3 aromatic rings. The third-order valence-corrected chi connectivity index (χ3v) is 5.50. The summed E-state index contributed by atoms with van der Waals surface area (Å²) in [7, 11) is 1.65. The van der Waals surface area contributed by atoms with E-state index in [0.29, 0.717) is 17.9 Å². The van der Waals surface area contributed by atoms with Gasteiger partial charge in [-0.15, -0.1) is 11.3 Å². The molecular weight excluding hydrogens is 412 g/mol. The van der Waals surface area contributed by atoms with Crippen molar-refractivity contribution in [3.8, 4) is 16.3 Å². The lowest BCUT2D eigenvalue weighted by atomic mass is 10.2. The molecule has 162 valence electrons. The number of rotatable bonds is 9. The molecule has 0 fully saturated rings. The van der Waals surface area contributed by atoms with E-state index >= 15 is 0 Å². The van der Waals surface area contributed by atoms with E-state index in [1.807, 2.05) is 41.5 Å². The Kier molecular flexibility index (Phi) is 7.75. The Morgan fingerprint density at radius 1 is 1.10 bits per heavy atom. The van der Waals surface area contributed by atoms with Crippen LogP contribution in [-0.4, -0.2) is 41.9 Å². The standard InChI is InChI=1S/C23H26N4O3S/c1-4-27(14-22(29)25-19-10-8-18(9-11-19)24-16(2)28)13-20-15-31-23(26-20)17-6-5-7-21(12-17)30-3/h5-12,15H,4,13-14H2,1-3H3,(H,24,28)(H,25,29). The van der Waals surface area contributed by atoms with Gasteiger partial charge in [-0.2, -0.15) is 0 Å². The van der Waals surface area contributed by atoms with Crippen LogP contribution < -0.4 is 15.4 Å². The van der Waals surface area contributed by atoms with E-state index in [1.165, 1.54) is 6.92 Å². The van der Waals surface area contributed by atoms with Crippen LogP contribution >= 0.6 is 11.3 Å². The number of thiazole rings is 1. The Balaban J connectivity index is 1.57. The average molecular weight is 439 g/mol. The maximum Gasteiger partial charge on any atom is 0.238 e. The summed E-state index contributed by atoms with van der Waals surface area (Å²) in [6.07, 6.45) is 0. The highest BCUT2D eigenvalue weighted by Crippen LogP contribution is 2.27. The number of likely N-dealkylation sites (N-methyl/N-ethyl adjacent to an activating group) is 1. The van der Waals surface area contributed by atoms with Crippen LogP contribution in [0.25, 0.3) is 10.6 Å². The van der Waals surface area contributed by atoms with Gasteiger partial charge < -0.3 is 15.4 Å². The largest absolute Gasteiger partial charge is 0.497 e. The number of carbonyl (C=O) groups excluding carboxylic acids is 2. The quantitative estimate of drug-likeness (QED) is 0.522. The van der Waals surface area contributed by atoms with Gasteiger partial charge in [-0.1, -0.05) is 19.1 Å². The Labute approximate surface area is 186 Å². The topological polar surface area (TPSA) is 83.6 Å². The Morgan fingerprint density at radius 2 is 1.81 bits per heavy atom. The van der Waals surface area contributed by atoms with Crippen molar-refractivity contribution in [2.75, 3.05) is 30.8 Å². The van der Waals surface area contributed by atoms with E-state index in [1.54, 1.807) is 42.7 Å². The number of methoxy groups -OCH3 is 1. The van der Waals surface area contributed by atoms with Gasteiger partial charge in [0.05, 0.1) is 19.3 Å². The number of nitrogens with zero attached hydrogens (tertiary/aromatic N) is 2. The molecule has 0 saturated carbocycles. The monoisotopic (exact) mass is 438 g/mol. The van der Waals surface area contributed by atoms with E-state index in [2.05, 4.69) is 10.6 Å². The summed E-state index contributed by atoms with van der Waals surface area (Å²) in [5.74, 6) is 0.565. The molecule has 0 radical (unpaired) electrons. The van der Waals surface area contributed by atoms with Crippen LogP contribution in [0.3, 0.4) is 0 Å². The van der Waals surface area contributed by atoms with E-state index in [9.17, 15) is 9.59 Å². The van der Waals surface area contributed by atoms with Crippen molar-refractivity contribution in [2.24, 2.45) is 0 Å². The lowest BCUT2D eigenvalue weighted by Gasteiger charge is -2.18. The van der Waals surface area contributed by atoms with Crippen molar-refractivity contribution in [3.63, 3.8) is 0 Å². The first-order valence-corrected chi connectivity index (χ1v) is 10.8. The minimum absolute atomic E-state index is 0.0997. The highest BCUT2D eigenvalue weighted by Gasteiger charge is 2.13. The molecule has 7 nitrogen and oxygen atoms in total. The molecule has 0 saturated heterocycles. The molecule has 2 amide bonds. The summed E-state index contributed by atoms with van der Waals surface area (Å²) in [4.78, 5) is 30.3. The number of amides is 2. The average Bonchev–Trinajstić information content (AvgIpc) is 3.23. The summed E-state index contributed by atoms with van der Waals surface area (Å²) >= 11 is 1.58. The molecule has 3 rings (SSSR count). The minimum Gasteiger partial charge on any atom is -0.497 e. The van der Waals surface area contributed by atoms with Crippen LogP contribution in [0.5, 0.6) is 5.75 Å². The van der Waals surface area contributed by atoms with Gasteiger partial charge in [0.15, 0.2) is 0 Å². The first kappa shape index (κ1) is 22.5. The molecular formula is C23H26N4O3S. The second-order valence-corrected chi connectivity index (χ2v) is 7.84. The molecule has 2 aromatic carbocycles. The van der Waals surface area contributed by atoms with E-state index in [4.69, 9.17) is 9.72 Å². The maximum atomic E-state index is 12.5. The Hall–Kier alpha value is -3.23. The molecule has 31 heavy (non-hydrogen) atoms. The first-order chi connectivity index (χ1) is 15.0. The zero-order chi connectivity index (χ0) is 22.2. The normalized spacial score (nSPS) is 10.7. The van der Waals surface area contributed by atoms with E-state index in [0.717, 1.165) is 28.6 Å². The van der Waals surface area contributed by atoms with Gasteiger partial charge in [0.1, 0.15) is 10.8 Å². The summed E-state index contributed by atoms with van der Waals surface area (Å²) in [6, 6.07) is 14.9. The lowest BCUT2D eigenvalue weighted by molar-refractivity contribution is -0.117. The predicted molar refractivity (Wildman–Crippen MR) is 124 cm³/mol. The molecule has 1 aromatic heterocycles. The van der Waals surface area contributed by atoms with Gasteiger partial charge in [0.2, 0.25) is 11.8 Å². The number of hydrogen-bond donors (Lipinski definition) is 2. The molecule has 0 atom stereocenters. The summed E-state index contributed by atoms with van der Waals surface area (Å²) in [5, 5.41) is 8.54. The fourth-order valence-electron chi connectivity index (χ4n) is 3.02. The SMILES string of the molecule is CCN(CC(=O)Nc1ccc(NC(C)=O)cc1)Cc1csc(-c2cccc(OC)c2)n1. The van der Waals surface area contributed by atoms with Crippen LogP contribution in [-0.2, 0) is 16.1 Å². The van der Waals surface area contributed by atoms with Crippen LogP contribution in [0.1, 0.15) is 19.5 Å².